The van der Waals surface area contributed by atoms with E-state index in [1.807, 2.05) is 11.8 Å². The van der Waals surface area contributed by atoms with E-state index in [-0.39, 0.29) is 5.56 Å². The molecular weight excluding hydrogens is 566 g/mol. The van der Waals surface area contributed by atoms with E-state index < -0.39 is 15.9 Å². The number of hydrogen-bond acceptors (Lipinski definition) is 12. The average molecular weight is 596 g/mol. The lowest BCUT2D eigenvalue weighted by Gasteiger charge is -2.25. The van der Waals surface area contributed by atoms with E-state index >= 15 is 0 Å². The van der Waals surface area contributed by atoms with Crippen LogP contribution in [0.5, 0.6) is 0 Å². The first-order chi connectivity index (χ1) is 19.4. The minimum Gasteiger partial charge on any atom is -0.357 e. The van der Waals surface area contributed by atoms with E-state index in [0.717, 1.165) is 11.2 Å². The number of aromatic nitrogens is 3. The summed E-state index contributed by atoms with van der Waals surface area (Å²) in [7, 11) is 1.63. The molecular formula is C26H29N9O4S2. The van der Waals surface area contributed by atoms with Gasteiger partial charge in [-0.2, -0.15) is 10.5 Å². The second-order valence-electron chi connectivity index (χ2n) is 8.93. The lowest BCUT2D eigenvalue weighted by molar-refractivity contribution is 0.0705. The smallest absolute Gasteiger partial charge is 0.277 e. The van der Waals surface area contributed by atoms with Crippen molar-refractivity contribution in [2.45, 2.75) is 23.3 Å². The number of pyridine rings is 1. The Bertz CT molecular complexity index is 1600. The van der Waals surface area contributed by atoms with Crippen molar-refractivity contribution >= 4 is 45.1 Å². The fraction of sp³-hybridized carbons (Fsp3) is 0.308. The molecule has 1 amide bonds. The fourth-order valence-electron chi connectivity index (χ4n) is 3.77. The van der Waals surface area contributed by atoms with Gasteiger partial charge in [0.15, 0.2) is 0 Å². The molecule has 41 heavy (non-hydrogen) atoms. The van der Waals surface area contributed by atoms with Crippen molar-refractivity contribution in [1.82, 2.24) is 20.4 Å². The lowest BCUT2D eigenvalue weighted by Crippen LogP contribution is -2.33. The molecule has 0 radical (unpaired) electrons. The third-order valence-corrected chi connectivity index (χ3v) is 8.42. The highest BCUT2D eigenvalue weighted by molar-refractivity contribution is 7.99. The first kappa shape index (κ1) is 31.1. The summed E-state index contributed by atoms with van der Waals surface area (Å²) in [6.07, 6.45) is 4.17. The highest BCUT2D eigenvalue weighted by atomic mass is 32.2. The molecule has 2 aromatic heterocycles. The van der Waals surface area contributed by atoms with Gasteiger partial charge >= 0.3 is 0 Å². The third-order valence-electron chi connectivity index (χ3n) is 6.21. The average Bonchev–Trinajstić information content (AvgIpc) is 2.98. The number of rotatable bonds is 11. The lowest BCUT2D eigenvalue weighted by atomic mass is 10.0. The molecule has 3 aromatic rings. The number of benzene rings is 1. The number of nitriles is 2. The molecule has 0 aliphatic heterocycles. The van der Waals surface area contributed by atoms with Crippen LogP contribution in [0.1, 0.15) is 34.0 Å². The Balaban J connectivity index is 1.88. The van der Waals surface area contributed by atoms with Gasteiger partial charge in [-0.3, -0.25) is 14.3 Å². The SMILES string of the molecule is CCc1c(C#N)c(Sc2ccc(N(C)S(C)(=O)=O)cc2)nc(N(C)CCN(C)c2ncc(C(=O)NO)cn2)c1C#N. The molecule has 3 rings (SSSR count). The van der Waals surface area contributed by atoms with Crippen molar-refractivity contribution in [2.75, 3.05) is 54.6 Å². The molecule has 0 saturated carbocycles. The maximum atomic E-state index is 11.9. The van der Waals surface area contributed by atoms with Crippen molar-refractivity contribution in [2.24, 2.45) is 0 Å². The van der Waals surface area contributed by atoms with Gasteiger partial charge in [0.25, 0.3) is 5.91 Å². The zero-order chi connectivity index (χ0) is 30.3. The van der Waals surface area contributed by atoms with Gasteiger partial charge in [-0.05, 0) is 36.2 Å². The number of sulfonamides is 1. The van der Waals surface area contributed by atoms with E-state index in [1.54, 1.807) is 43.3 Å². The molecule has 2 N–H and O–H groups in total. The Morgan fingerprint density at radius 3 is 2.12 bits per heavy atom. The minimum atomic E-state index is -3.41. The predicted octanol–water partition coefficient (Wildman–Crippen LogP) is 2.42. The summed E-state index contributed by atoms with van der Waals surface area (Å²) < 4.78 is 24.9. The summed E-state index contributed by atoms with van der Waals surface area (Å²) in [5, 5.41) is 29.2. The summed E-state index contributed by atoms with van der Waals surface area (Å²) in [5.74, 6) is 0.0626. The fourth-order valence-corrected chi connectivity index (χ4v) is 5.17. The number of carbonyl (C=O) groups excluding carboxylic acids is 1. The Morgan fingerprint density at radius 1 is 1.02 bits per heavy atom. The van der Waals surface area contributed by atoms with E-state index in [4.69, 9.17) is 10.2 Å². The molecule has 0 aliphatic rings. The summed E-state index contributed by atoms with van der Waals surface area (Å²) in [6.45, 7) is 2.73. The van der Waals surface area contributed by atoms with E-state index in [2.05, 4.69) is 22.1 Å². The molecule has 0 atom stereocenters. The van der Waals surface area contributed by atoms with Crippen molar-refractivity contribution in [1.29, 1.82) is 10.5 Å². The van der Waals surface area contributed by atoms with Crippen molar-refractivity contribution in [3.05, 3.63) is 58.9 Å². The first-order valence-electron chi connectivity index (χ1n) is 12.2. The van der Waals surface area contributed by atoms with Crippen LogP contribution in [0, 0.1) is 22.7 Å². The van der Waals surface area contributed by atoms with Crippen LogP contribution in [0.3, 0.4) is 0 Å². The zero-order valence-corrected chi connectivity index (χ0v) is 24.8. The van der Waals surface area contributed by atoms with E-state index in [9.17, 15) is 23.7 Å². The first-order valence-corrected chi connectivity index (χ1v) is 14.9. The maximum Gasteiger partial charge on any atom is 0.277 e. The molecule has 0 fully saturated rings. The molecule has 13 nitrogen and oxygen atoms in total. The third kappa shape index (κ3) is 7.20. The molecule has 2 heterocycles. The van der Waals surface area contributed by atoms with Crippen LogP contribution in [0.15, 0.2) is 46.6 Å². The number of anilines is 3. The normalized spacial score (nSPS) is 10.8. The Labute approximate surface area is 243 Å². The maximum absolute atomic E-state index is 11.9. The minimum absolute atomic E-state index is 0.108. The van der Waals surface area contributed by atoms with Gasteiger partial charge < -0.3 is 9.80 Å². The van der Waals surface area contributed by atoms with Gasteiger partial charge in [-0.15, -0.1) is 0 Å². The number of hydroxylamine groups is 1. The highest BCUT2D eigenvalue weighted by Gasteiger charge is 2.22. The Kier molecular flexibility index (Phi) is 10.1. The van der Waals surface area contributed by atoms with Gasteiger partial charge in [-0.1, -0.05) is 18.7 Å². The molecule has 15 heteroatoms. The quantitative estimate of drug-likeness (QED) is 0.245. The second kappa shape index (κ2) is 13.3. The molecule has 0 unspecified atom stereocenters. The van der Waals surface area contributed by atoms with E-state index in [0.29, 0.717) is 58.7 Å². The van der Waals surface area contributed by atoms with Crippen LogP contribution in [0.2, 0.25) is 0 Å². The number of nitrogens with one attached hydrogen (secondary N) is 1. The van der Waals surface area contributed by atoms with Crippen LogP contribution in [0.4, 0.5) is 17.5 Å². The van der Waals surface area contributed by atoms with Gasteiger partial charge in [0.2, 0.25) is 16.0 Å². The zero-order valence-electron chi connectivity index (χ0n) is 23.2. The topological polar surface area (TPSA) is 179 Å². The van der Waals surface area contributed by atoms with Crippen LogP contribution in [-0.4, -0.2) is 75.0 Å². The molecule has 214 valence electrons. The van der Waals surface area contributed by atoms with Crippen LogP contribution < -0.4 is 19.6 Å². The molecule has 0 bridgehead atoms. The summed E-state index contributed by atoms with van der Waals surface area (Å²) >= 11 is 1.26. The van der Waals surface area contributed by atoms with E-state index in [1.165, 1.54) is 41.0 Å². The molecule has 1 aromatic carbocycles. The van der Waals surface area contributed by atoms with Gasteiger partial charge in [0, 0.05) is 51.5 Å². The second-order valence-corrected chi connectivity index (χ2v) is 12.0. The number of hydrogen-bond donors (Lipinski definition) is 2. The van der Waals surface area contributed by atoms with Crippen LogP contribution in [-0.2, 0) is 16.4 Å². The predicted molar refractivity (Wildman–Crippen MR) is 155 cm³/mol. The number of amides is 1. The highest BCUT2D eigenvalue weighted by Crippen LogP contribution is 2.36. The van der Waals surface area contributed by atoms with Crippen molar-refractivity contribution in [3.63, 3.8) is 0 Å². The molecule has 0 spiro atoms. The van der Waals surface area contributed by atoms with Gasteiger partial charge in [-0.25, -0.2) is 28.8 Å². The van der Waals surface area contributed by atoms with Crippen molar-refractivity contribution in [3.8, 4) is 12.1 Å². The van der Waals surface area contributed by atoms with Crippen LogP contribution in [0.25, 0.3) is 0 Å². The Hall–Kier alpha value is -4.44. The largest absolute Gasteiger partial charge is 0.357 e. The van der Waals surface area contributed by atoms with Gasteiger partial charge in [0.1, 0.15) is 23.0 Å². The van der Waals surface area contributed by atoms with Crippen molar-refractivity contribution < 1.29 is 18.4 Å². The monoisotopic (exact) mass is 595 g/mol. The summed E-state index contributed by atoms with van der Waals surface area (Å²) in [6, 6.07) is 11.3. The standard InChI is InChI=1S/C26H29N9O4S2/c1-6-20-21(13-27)23(33(2)11-12-34(3)26-29-15-17(16-30-26)24(36)32-37)31-25(22(20)14-28)40-19-9-7-18(8-10-19)35(4)41(5,38)39/h7-10,15-16,37H,6,11-12H2,1-5H3,(H,32,36). The summed E-state index contributed by atoms with van der Waals surface area (Å²) in [5.41, 5.74) is 3.37. The number of nitrogens with zero attached hydrogens (tertiary/aromatic N) is 8. The summed E-state index contributed by atoms with van der Waals surface area (Å²) in [4.78, 5) is 28.9. The number of likely N-dealkylation sites (N-methyl/N-ethyl adjacent to an activating group) is 2. The number of carbonyl (C=O) groups is 1. The molecule has 0 saturated heterocycles. The van der Waals surface area contributed by atoms with Gasteiger partial charge in [0.05, 0.1) is 28.6 Å². The molecule has 0 aliphatic carbocycles. The Morgan fingerprint density at radius 2 is 1.61 bits per heavy atom. The van der Waals surface area contributed by atoms with Crippen LogP contribution >= 0.6 is 11.8 Å².